The van der Waals surface area contributed by atoms with Gasteiger partial charge in [0.2, 0.25) is 17.5 Å². The molecule has 0 aliphatic carbocycles. The van der Waals surface area contributed by atoms with Crippen LogP contribution in [0.4, 0.5) is 5.69 Å². The monoisotopic (exact) mass is 2120 g/mol. The van der Waals surface area contributed by atoms with Gasteiger partial charge in [-0.2, -0.15) is 4.58 Å². The summed E-state index contributed by atoms with van der Waals surface area (Å²) in [5.41, 5.74) is 19.1. The Morgan fingerprint density at radius 2 is 0.728 bits per heavy atom. The van der Waals surface area contributed by atoms with Crippen LogP contribution in [0.2, 0.25) is 0 Å². The number of allylic oxidation sites excluding steroid dienone is 1. The summed E-state index contributed by atoms with van der Waals surface area (Å²) >= 11 is 7.19. The molecule has 2 amide bonds. The van der Waals surface area contributed by atoms with Gasteiger partial charge >= 0.3 is 35.6 Å². The standard InChI is InChI=1S/C56H65B2N5O9S.C33H34B2N2O5.C17H12Br2O.C8H12BNO2/c1-38(2)55(65)60-28-13-27-59-54(64)33-40-22-25-52-49(32-40)56(3,4)53(63(52)29-14-30-73(70,71)72)26-23-39-21-24-45-46(31-39)48(37-62(6)35-42-16-8-12-20-51(42)58(68)69)44-18-10-9-17-43(44)47(45)36-61(5)34-41-15-7-11-19-50(41)57(66)67;1-36(18-24-9-3-7-13-32(24)34(39)40)20-30-26-11-5-6-12-27(26)31(29-17-23(22-38)15-16-28(29)30)21-37(2)19-25-10-4-8-14-33(25)35(41)42;18-8-16-12-3-1-2-4-13(12)17(9-19)15-7-11(10-20)5-6-14(15)16;1-10-6-7-4-2-3-5-8(7)9(11)12/h7-12,15-26,31-32,66-69H,1,13-14,27-30,33-37H2,2-6H3,(H2-,59,60,64,65,70,71,72);3-17,22,39-42H,18-21H2,1-2H3;1-7,10H,8-9H2;2-5,10-12H,6H2,1H3/b26-23+;;;. The maximum atomic E-state index is 13.1. The first-order valence-electron chi connectivity index (χ1n) is 48.6. The van der Waals surface area contributed by atoms with E-state index in [1.54, 1.807) is 67.6 Å². The molecule has 0 bridgehead atoms. The molecule has 0 saturated carbocycles. The van der Waals surface area contributed by atoms with Crippen LogP contribution in [0.25, 0.3) is 70.7 Å². The van der Waals surface area contributed by atoms with Crippen molar-refractivity contribution in [3.05, 3.63) is 374 Å². The number of amides is 2. The van der Waals surface area contributed by atoms with Crippen molar-refractivity contribution in [2.45, 2.75) is 115 Å². The molecule has 25 nitrogen and oxygen atoms in total. The molecule has 1 aliphatic heterocycles. The van der Waals surface area contributed by atoms with Crippen molar-refractivity contribution in [1.29, 1.82) is 0 Å². The minimum atomic E-state index is -4.46. The summed E-state index contributed by atoms with van der Waals surface area (Å²) in [6.07, 6.45) is 6.68. The number of alkyl halides is 2. The van der Waals surface area contributed by atoms with E-state index in [9.17, 15) is 72.3 Å². The summed E-state index contributed by atoms with van der Waals surface area (Å²) < 4.78 is 37.5. The van der Waals surface area contributed by atoms with E-state index in [0.717, 1.165) is 155 Å². The van der Waals surface area contributed by atoms with Gasteiger partial charge in [-0.1, -0.05) is 275 Å². The molecule has 147 heavy (non-hydrogen) atoms. The summed E-state index contributed by atoms with van der Waals surface area (Å²) in [4.78, 5) is 56.4. The molecule has 15 aromatic carbocycles. The van der Waals surface area contributed by atoms with Gasteiger partial charge in [-0.05, 0) is 257 Å². The van der Waals surface area contributed by atoms with E-state index >= 15 is 0 Å². The van der Waals surface area contributed by atoms with Crippen molar-refractivity contribution in [1.82, 2.24) is 35.6 Å². The van der Waals surface area contributed by atoms with Crippen LogP contribution >= 0.6 is 31.9 Å². The van der Waals surface area contributed by atoms with E-state index < -0.39 is 56.9 Å². The Labute approximate surface area is 877 Å². The predicted octanol–water partition coefficient (Wildman–Crippen LogP) is 11.5. The Bertz CT molecular complexity index is 7490. The van der Waals surface area contributed by atoms with Gasteiger partial charge in [0, 0.05) is 129 Å². The van der Waals surface area contributed by atoms with Crippen LogP contribution in [0.5, 0.6) is 0 Å². The van der Waals surface area contributed by atoms with E-state index in [4.69, 9.17) is 10.0 Å². The van der Waals surface area contributed by atoms with Crippen LogP contribution in [0, 0.1) is 0 Å². The number of carbonyl (C=O) groups excluding carboxylic acids is 4. The number of nitrogens with one attached hydrogen (secondary N) is 3. The van der Waals surface area contributed by atoms with Crippen molar-refractivity contribution in [2.75, 3.05) is 60.6 Å². The Balaban J connectivity index is 0.000000201. The minimum absolute atomic E-state index is 0.112. The molecule has 0 radical (unpaired) electrons. The maximum absolute atomic E-state index is 13.1. The average molecular weight is 2120 g/mol. The number of halogens is 2. The number of rotatable bonds is 40. The lowest BCUT2D eigenvalue weighted by atomic mass is 9.77. The van der Waals surface area contributed by atoms with Gasteiger partial charge in [0.25, 0.3) is 0 Å². The van der Waals surface area contributed by atoms with E-state index in [0.29, 0.717) is 117 Å². The van der Waals surface area contributed by atoms with Crippen LogP contribution in [-0.2, 0) is 101 Å². The first-order chi connectivity index (χ1) is 70.5. The molecule has 756 valence electrons. The van der Waals surface area contributed by atoms with Gasteiger partial charge in [-0.3, -0.25) is 38.8 Å². The highest BCUT2D eigenvalue weighted by atomic mass is 79.9. The highest BCUT2D eigenvalue weighted by Gasteiger charge is 2.45. The van der Waals surface area contributed by atoms with Crippen LogP contribution < -0.4 is 43.3 Å². The smallest absolute Gasteiger partial charge is 0.488 e. The third-order valence-corrected chi connectivity index (χ3v) is 28.6. The van der Waals surface area contributed by atoms with Gasteiger partial charge in [0.05, 0.1) is 22.0 Å². The third-order valence-electron chi connectivity index (χ3n) is 26.7. The maximum Gasteiger partial charge on any atom is 0.488 e. The molecule has 0 aromatic heterocycles. The van der Waals surface area contributed by atoms with E-state index in [1.165, 1.54) is 27.3 Å². The van der Waals surface area contributed by atoms with Crippen molar-refractivity contribution < 1.29 is 87.0 Å². The number of fused-ring (bicyclic) bond motifs is 7. The predicted molar refractivity (Wildman–Crippen MR) is 602 cm³/mol. The van der Waals surface area contributed by atoms with Gasteiger partial charge in [-0.15, -0.1) is 0 Å². The molecular weight excluding hydrogens is 2000 g/mol. The molecule has 16 rings (SSSR count). The van der Waals surface area contributed by atoms with Crippen molar-refractivity contribution >= 4 is 211 Å². The Kier molecular flexibility index (Phi) is 39.8. The molecule has 0 fully saturated rings. The summed E-state index contributed by atoms with van der Waals surface area (Å²) in [6, 6.07) is 85.5. The first-order valence-corrected chi connectivity index (χ1v) is 52.5. The van der Waals surface area contributed by atoms with Crippen LogP contribution in [0.1, 0.15) is 132 Å². The number of benzene rings is 15. The SMILES string of the molecule is C=C(C)C(=O)NCCCNC(=O)Cc1ccc2c(c1)C(C)(C)C(/C=C/c1ccc3c(CN(C)Cc4ccccc4B(O)O)c4ccccc4c(CN(C)Cc4ccccc4B(O)O)c3c1)=[N+]2CCCS(=O)(=O)[O-].CN(Cc1ccccc1B(O)O)Cc1c2ccccc2c(CN(C)Cc2ccccc2B(O)O)c2cc(C=O)ccc12.CNCc1ccccc1B(O)O.O=Cc1ccc2c(CBr)c3ccccc3c(CBr)c2c1. The molecule has 0 saturated heterocycles. The summed E-state index contributed by atoms with van der Waals surface area (Å²) in [5, 5.41) is 122. The fourth-order valence-electron chi connectivity index (χ4n) is 19.7. The molecule has 33 heteroatoms. The zero-order valence-corrected chi connectivity index (χ0v) is 87.8. The second-order valence-corrected chi connectivity index (χ2v) is 40.5. The van der Waals surface area contributed by atoms with Crippen LogP contribution in [-0.4, -0.2) is 214 Å². The van der Waals surface area contributed by atoms with E-state index in [2.05, 4.69) is 171 Å². The fourth-order valence-corrected chi connectivity index (χ4v) is 21.4. The number of carbonyl (C=O) groups is 4. The van der Waals surface area contributed by atoms with Crippen molar-refractivity contribution in [3.8, 4) is 0 Å². The number of hydrogen-bond donors (Lipinski definition) is 13. The molecular formula is C114H123B5Br2N8O17S. The lowest BCUT2D eigenvalue weighted by Crippen LogP contribution is -2.35. The largest absolute Gasteiger partial charge is 0.748 e. The number of nitrogens with zero attached hydrogens (tertiary/aromatic N) is 5. The molecule has 0 unspecified atom stereocenters. The molecule has 1 heterocycles. The lowest BCUT2D eigenvalue weighted by molar-refractivity contribution is -0.437. The van der Waals surface area contributed by atoms with Gasteiger partial charge in [0.15, 0.2) is 5.71 Å². The van der Waals surface area contributed by atoms with Gasteiger partial charge < -0.3 is 70.7 Å². The molecule has 1 aliphatic rings. The summed E-state index contributed by atoms with van der Waals surface area (Å²) in [6.45, 7) is 15.4. The Hall–Kier alpha value is -12.1. The molecule has 15 aromatic rings. The zero-order valence-electron chi connectivity index (χ0n) is 83.8. The second kappa shape index (κ2) is 52.2. The van der Waals surface area contributed by atoms with Gasteiger partial charge in [0.1, 0.15) is 19.1 Å². The highest BCUT2D eigenvalue weighted by Crippen LogP contribution is 2.44. The topological polar surface area (TPSA) is 380 Å². The first kappa shape index (κ1) is 112. The normalized spacial score (nSPS) is 12.3. The Morgan fingerprint density at radius 1 is 0.408 bits per heavy atom. The number of aldehydes is 2. The number of hydrogen-bond acceptors (Lipinski definition) is 22. The lowest BCUT2D eigenvalue weighted by Gasteiger charge is -2.25. The highest BCUT2D eigenvalue weighted by molar-refractivity contribution is 9.08. The average Bonchev–Trinajstić information content (AvgIpc) is 0.845. The quantitative estimate of drug-likeness (QED) is 0.00248. The molecule has 13 N–H and O–H groups in total. The van der Waals surface area contributed by atoms with Crippen molar-refractivity contribution in [2.24, 2.45) is 0 Å². The third kappa shape index (κ3) is 28.3. The minimum Gasteiger partial charge on any atom is -0.748 e. The van der Waals surface area contributed by atoms with E-state index in [1.807, 2.05) is 175 Å². The Morgan fingerprint density at radius 3 is 1.10 bits per heavy atom. The summed E-state index contributed by atoms with van der Waals surface area (Å²) in [7, 11) is -2.30. The van der Waals surface area contributed by atoms with E-state index in [-0.39, 0.29) is 31.2 Å². The second-order valence-electron chi connectivity index (χ2n) is 37.9. The fraction of sp³-hybridized carbons (Fsp3) is 0.237. The summed E-state index contributed by atoms with van der Waals surface area (Å²) in [5.74, 6) is -0.896. The van der Waals surface area contributed by atoms with Gasteiger partial charge in [-0.25, -0.2) is 8.42 Å². The molecule has 0 spiro atoms. The van der Waals surface area contributed by atoms with Crippen LogP contribution in [0.3, 0.4) is 0 Å². The van der Waals surface area contributed by atoms with Crippen LogP contribution in [0.15, 0.2) is 285 Å². The molecule has 0 atom stereocenters. The zero-order chi connectivity index (χ0) is 106. The van der Waals surface area contributed by atoms with Crippen molar-refractivity contribution in [3.63, 3.8) is 0 Å².